The average molecular weight is 368 g/mol. The van der Waals surface area contributed by atoms with Crippen LogP contribution in [0.25, 0.3) is 11.0 Å². The number of rotatable bonds is 4. The minimum Gasteiger partial charge on any atom is -0.508 e. The Morgan fingerprint density at radius 1 is 1.23 bits per heavy atom. The molecule has 1 fully saturated rings. The molecule has 132 valence electrons. The van der Waals surface area contributed by atoms with E-state index < -0.39 is 5.92 Å². The number of aromatic nitrogens is 2. The highest BCUT2D eigenvalue weighted by Crippen LogP contribution is 2.27. The summed E-state index contributed by atoms with van der Waals surface area (Å²) in [7, 11) is 0. The number of fused-ring (bicyclic) bond motifs is 1. The molecule has 1 unspecified atom stereocenters. The molecule has 0 spiro atoms. The number of carbonyl (C=O) groups is 2. The summed E-state index contributed by atoms with van der Waals surface area (Å²) >= 11 is 1.16. The summed E-state index contributed by atoms with van der Waals surface area (Å²) < 4.78 is 8.34. The van der Waals surface area contributed by atoms with Crippen LogP contribution in [0, 0.1) is 5.92 Å². The molecule has 8 heteroatoms. The Hall–Kier alpha value is -3.00. The minimum atomic E-state index is -0.408. The lowest BCUT2D eigenvalue weighted by Crippen LogP contribution is -2.32. The molecule has 3 aromatic rings. The molecular formula is C18H16N4O3S. The lowest BCUT2D eigenvalue weighted by molar-refractivity contribution is -0.126. The lowest BCUT2D eigenvalue weighted by Gasteiger charge is -2.17. The number of nitrogens with zero attached hydrogens (tertiary/aromatic N) is 3. The summed E-state index contributed by atoms with van der Waals surface area (Å²) in [5, 5.41) is 12.5. The summed E-state index contributed by atoms with van der Waals surface area (Å²) in [6.07, 6.45) is 0.163. The fourth-order valence-electron chi connectivity index (χ4n) is 3.06. The van der Waals surface area contributed by atoms with Crippen molar-refractivity contribution in [1.82, 2.24) is 14.1 Å². The smallest absolute Gasteiger partial charge is 0.227 e. The zero-order valence-corrected chi connectivity index (χ0v) is 14.6. The van der Waals surface area contributed by atoms with E-state index in [1.807, 2.05) is 18.2 Å². The molecule has 1 atom stereocenters. The number of aromatic hydroxyl groups is 1. The van der Waals surface area contributed by atoms with Crippen LogP contribution in [0.3, 0.4) is 0 Å². The van der Waals surface area contributed by atoms with Gasteiger partial charge in [-0.25, -0.2) is 0 Å². The Bertz CT molecular complexity index is 987. The topological polar surface area (TPSA) is 95.4 Å². The van der Waals surface area contributed by atoms with Gasteiger partial charge in [0, 0.05) is 31.3 Å². The number of amides is 2. The van der Waals surface area contributed by atoms with Crippen molar-refractivity contribution in [2.24, 2.45) is 5.92 Å². The van der Waals surface area contributed by atoms with Crippen molar-refractivity contribution < 1.29 is 14.7 Å². The maximum atomic E-state index is 12.5. The molecule has 2 aromatic carbocycles. The van der Waals surface area contributed by atoms with Gasteiger partial charge in [0.05, 0.1) is 17.6 Å². The maximum Gasteiger partial charge on any atom is 0.227 e. The van der Waals surface area contributed by atoms with Crippen LogP contribution in [0.2, 0.25) is 0 Å². The third kappa shape index (κ3) is 3.23. The van der Waals surface area contributed by atoms with Gasteiger partial charge in [-0.15, -0.1) is 0 Å². The van der Waals surface area contributed by atoms with Crippen molar-refractivity contribution in [3.05, 3.63) is 48.0 Å². The van der Waals surface area contributed by atoms with Crippen LogP contribution in [0.1, 0.15) is 12.0 Å². The molecule has 26 heavy (non-hydrogen) atoms. The minimum absolute atomic E-state index is 0.0927. The van der Waals surface area contributed by atoms with Crippen LogP contribution >= 0.6 is 11.7 Å². The van der Waals surface area contributed by atoms with Crippen molar-refractivity contribution in [3.63, 3.8) is 0 Å². The quantitative estimate of drug-likeness (QED) is 0.735. The molecule has 2 heterocycles. The largest absolute Gasteiger partial charge is 0.508 e. The first kappa shape index (κ1) is 16.5. The molecule has 1 aliphatic rings. The Labute approximate surface area is 153 Å². The highest BCUT2D eigenvalue weighted by Gasteiger charge is 2.35. The Balaban J connectivity index is 1.40. The van der Waals surface area contributed by atoms with E-state index in [0.717, 1.165) is 28.3 Å². The van der Waals surface area contributed by atoms with Crippen molar-refractivity contribution in [2.75, 3.05) is 11.4 Å². The normalized spacial score (nSPS) is 17.0. The first-order valence-electron chi connectivity index (χ1n) is 8.18. The van der Waals surface area contributed by atoms with E-state index in [1.54, 1.807) is 18.2 Å². The van der Waals surface area contributed by atoms with Crippen molar-refractivity contribution in [1.29, 1.82) is 0 Å². The number of hydrogen-bond acceptors (Lipinski definition) is 6. The van der Waals surface area contributed by atoms with Gasteiger partial charge in [-0.05, 0) is 29.8 Å². The van der Waals surface area contributed by atoms with Gasteiger partial charge in [0.2, 0.25) is 11.8 Å². The zero-order valence-electron chi connectivity index (χ0n) is 13.8. The van der Waals surface area contributed by atoms with Gasteiger partial charge in [0.25, 0.3) is 0 Å². The van der Waals surface area contributed by atoms with Crippen LogP contribution in [-0.4, -0.2) is 32.2 Å². The standard InChI is InChI=1S/C18H16N4O3S/c23-14-3-1-2-13(8-14)22-10-12(7-17(22)24)18(25)19-9-11-4-5-15-16(6-11)21-26-20-15/h1-6,8,12,23H,7,9-10H2,(H,19,25). The first-order valence-corrected chi connectivity index (χ1v) is 8.91. The van der Waals surface area contributed by atoms with Crippen molar-refractivity contribution >= 4 is 40.3 Å². The van der Waals surface area contributed by atoms with Crippen molar-refractivity contribution in [2.45, 2.75) is 13.0 Å². The third-order valence-corrected chi connectivity index (χ3v) is 4.98. The SMILES string of the molecule is O=C(NCc1ccc2nsnc2c1)C1CC(=O)N(c2cccc(O)c2)C1. The highest BCUT2D eigenvalue weighted by molar-refractivity contribution is 7.00. The summed E-state index contributed by atoms with van der Waals surface area (Å²) in [5.41, 5.74) is 3.19. The molecule has 0 aliphatic carbocycles. The molecule has 2 amide bonds. The number of anilines is 1. The van der Waals surface area contributed by atoms with Gasteiger partial charge in [-0.2, -0.15) is 8.75 Å². The predicted octanol–water partition coefficient (Wildman–Crippen LogP) is 2.07. The van der Waals surface area contributed by atoms with E-state index in [1.165, 1.54) is 11.0 Å². The molecule has 0 saturated carbocycles. The molecule has 7 nitrogen and oxygen atoms in total. The second-order valence-electron chi connectivity index (χ2n) is 6.23. The third-order valence-electron chi connectivity index (χ3n) is 4.42. The van der Waals surface area contributed by atoms with E-state index in [-0.39, 0.29) is 24.0 Å². The molecular weight excluding hydrogens is 352 g/mol. The average Bonchev–Trinajstić information content (AvgIpc) is 3.25. The van der Waals surface area contributed by atoms with Crippen LogP contribution in [0.15, 0.2) is 42.5 Å². The van der Waals surface area contributed by atoms with E-state index in [4.69, 9.17) is 0 Å². The first-order chi connectivity index (χ1) is 12.6. The van der Waals surface area contributed by atoms with Crippen LogP contribution < -0.4 is 10.2 Å². The number of hydrogen-bond donors (Lipinski definition) is 2. The Kier molecular flexibility index (Phi) is 4.26. The predicted molar refractivity (Wildman–Crippen MR) is 97.8 cm³/mol. The number of phenols is 1. The molecule has 1 aliphatic heterocycles. The lowest BCUT2D eigenvalue weighted by atomic mass is 10.1. The summed E-state index contributed by atoms with van der Waals surface area (Å²) in [4.78, 5) is 26.2. The second kappa shape index (κ2) is 6.72. The van der Waals surface area contributed by atoms with E-state index in [2.05, 4.69) is 14.1 Å². The second-order valence-corrected chi connectivity index (χ2v) is 6.76. The number of phenolic OH excluding ortho intramolecular Hbond substituents is 1. The van der Waals surface area contributed by atoms with Gasteiger partial charge in [0.15, 0.2) is 0 Å². The Morgan fingerprint density at radius 2 is 2.08 bits per heavy atom. The molecule has 2 N–H and O–H groups in total. The van der Waals surface area contributed by atoms with Gasteiger partial charge >= 0.3 is 0 Å². The van der Waals surface area contributed by atoms with Gasteiger partial charge in [-0.3, -0.25) is 9.59 Å². The molecule has 4 rings (SSSR count). The molecule has 0 radical (unpaired) electrons. The van der Waals surface area contributed by atoms with Crippen LogP contribution in [-0.2, 0) is 16.1 Å². The number of carbonyl (C=O) groups excluding carboxylic acids is 2. The fraction of sp³-hybridized carbons (Fsp3) is 0.222. The molecule has 1 saturated heterocycles. The Morgan fingerprint density at radius 3 is 2.92 bits per heavy atom. The van der Waals surface area contributed by atoms with E-state index in [9.17, 15) is 14.7 Å². The van der Waals surface area contributed by atoms with Gasteiger partial charge < -0.3 is 15.3 Å². The summed E-state index contributed by atoms with van der Waals surface area (Å²) in [5.74, 6) is -0.590. The highest BCUT2D eigenvalue weighted by atomic mass is 32.1. The summed E-state index contributed by atoms with van der Waals surface area (Å²) in [6, 6.07) is 12.2. The fourth-order valence-corrected chi connectivity index (χ4v) is 3.58. The van der Waals surface area contributed by atoms with Crippen molar-refractivity contribution in [3.8, 4) is 5.75 Å². The zero-order chi connectivity index (χ0) is 18.1. The molecule has 1 aromatic heterocycles. The van der Waals surface area contributed by atoms with Crippen LogP contribution in [0.5, 0.6) is 5.75 Å². The maximum absolute atomic E-state index is 12.5. The number of benzene rings is 2. The number of nitrogens with one attached hydrogen (secondary N) is 1. The van der Waals surface area contributed by atoms with Gasteiger partial charge in [-0.1, -0.05) is 12.1 Å². The van der Waals surface area contributed by atoms with E-state index >= 15 is 0 Å². The summed E-state index contributed by atoms with van der Waals surface area (Å²) in [6.45, 7) is 0.687. The van der Waals surface area contributed by atoms with Crippen LogP contribution in [0.4, 0.5) is 5.69 Å². The monoisotopic (exact) mass is 368 g/mol. The molecule has 0 bridgehead atoms. The van der Waals surface area contributed by atoms with Gasteiger partial charge in [0.1, 0.15) is 16.8 Å². The van der Waals surface area contributed by atoms with E-state index in [0.29, 0.717) is 18.8 Å².